The van der Waals surface area contributed by atoms with Gasteiger partial charge in [-0.1, -0.05) is 70.8 Å². The second-order valence-electron chi connectivity index (χ2n) is 12.6. The lowest BCUT2D eigenvalue weighted by atomic mass is 9.60. The second kappa shape index (κ2) is 11.8. The molecule has 1 aromatic rings. The Morgan fingerprint density at radius 2 is 1.23 bits per heavy atom. The van der Waals surface area contributed by atoms with Gasteiger partial charge in [0.2, 0.25) is 17.4 Å². The topological polar surface area (TPSA) is 63.6 Å². The summed E-state index contributed by atoms with van der Waals surface area (Å²) < 4.78 is 98.3. The third kappa shape index (κ3) is 5.74. The van der Waals surface area contributed by atoms with Crippen molar-refractivity contribution in [2.24, 2.45) is 23.2 Å². The molecule has 9 heteroatoms. The van der Waals surface area contributed by atoms with Crippen LogP contribution in [0, 0.1) is 46.4 Å². The van der Waals surface area contributed by atoms with Gasteiger partial charge in [-0.05, 0) is 79.3 Å². The molecular formula is C31H40F4O4S. The van der Waals surface area contributed by atoms with Crippen LogP contribution in [0.5, 0.6) is 5.75 Å². The van der Waals surface area contributed by atoms with Gasteiger partial charge in [0.05, 0.1) is 0 Å². The van der Waals surface area contributed by atoms with Crippen LogP contribution in [0.2, 0.25) is 0 Å². The van der Waals surface area contributed by atoms with Gasteiger partial charge in [0.25, 0.3) is 0 Å². The predicted octanol–water partition coefficient (Wildman–Crippen LogP) is 9.20. The van der Waals surface area contributed by atoms with Crippen LogP contribution < -0.4 is 4.74 Å². The molecule has 0 aromatic heterocycles. The van der Waals surface area contributed by atoms with E-state index in [4.69, 9.17) is 4.74 Å². The summed E-state index contributed by atoms with van der Waals surface area (Å²) in [5.74, 6) is -8.60. The van der Waals surface area contributed by atoms with Crippen LogP contribution >= 0.6 is 0 Å². The van der Waals surface area contributed by atoms with E-state index in [1.165, 1.54) is 19.3 Å². The molecule has 4 nitrogen and oxygen atoms in total. The maximum Gasteiger partial charge on any atom is 0.300 e. The van der Waals surface area contributed by atoms with E-state index in [0.29, 0.717) is 18.1 Å². The van der Waals surface area contributed by atoms with E-state index >= 15 is 8.78 Å². The van der Waals surface area contributed by atoms with Gasteiger partial charge < -0.3 is 4.74 Å². The zero-order valence-corrected chi connectivity index (χ0v) is 24.0. The smallest absolute Gasteiger partial charge is 0.300 e. The Kier molecular flexibility index (Phi) is 8.73. The SMILES string of the molecule is CC1(C2CCCCC2)C=C(C2CCCCC2)C(Oc2c(F)c(F)c(S(=O)(=O)O)c(F)c2F)=C(C2CCCCC2)C1. The molecular weight excluding hydrogens is 544 g/mol. The summed E-state index contributed by atoms with van der Waals surface area (Å²) in [5, 5.41) is 0. The summed E-state index contributed by atoms with van der Waals surface area (Å²) in [5.41, 5.74) is 1.68. The summed E-state index contributed by atoms with van der Waals surface area (Å²) in [7, 11) is -5.55. The summed E-state index contributed by atoms with van der Waals surface area (Å²) in [6.07, 6.45) is 18.6. The first-order valence-corrected chi connectivity index (χ1v) is 16.4. The minimum Gasteiger partial charge on any atom is -0.451 e. The molecule has 222 valence electrons. The summed E-state index contributed by atoms with van der Waals surface area (Å²) >= 11 is 0. The van der Waals surface area contributed by atoms with Gasteiger partial charge in [-0.15, -0.1) is 0 Å². The highest BCUT2D eigenvalue weighted by atomic mass is 32.2. The fourth-order valence-electron chi connectivity index (χ4n) is 7.80. The molecule has 4 aliphatic rings. The highest BCUT2D eigenvalue weighted by Gasteiger charge is 2.43. The molecule has 0 bridgehead atoms. The molecule has 5 rings (SSSR count). The third-order valence-corrected chi connectivity index (χ3v) is 10.8. The van der Waals surface area contributed by atoms with Crippen molar-refractivity contribution < 1.29 is 35.3 Å². The lowest BCUT2D eigenvalue weighted by Crippen LogP contribution is -2.35. The van der Waals surface area contributed by atoms with E-state index < -0.39 is 44.0 Å². The summed E-state index contributed by atoms with van der Waals surface area (Å²) in [6, 6.07) is 0. The summed E-state index contributed by atoms with van der Waals surface area (Å²) in [6.45, 7) is 2.28. The largest absolute Gasteiger partial charge is 0.451 e. The first kappa shape index (κ1) is 29.6. The van der Waals surface area contributed by atoms with Crippen LogP contribution in [0.3, 0.4) is 0 Å². The van der Waals surface area contributed by atoms with Gasteiger partial charge in [-0.25, -0.2) is 8.78 Å². The lowest BCUT2D eigenvalue weighted by Gasteiger charge is -2.45. The van der Waals surface area contributed by atoms with Crippen molar-refractivity contribution in [1.29, 1.82) is 0 Å². The number of rotatable bonds is 6. The molecule has 1 aromatic carbocycles. The van der Waals surface area contributed by atoms with E-state index in [-0.39, 0.29) is 17.3 Å². The highest BCUT2D eigenvalue weighted by Crippen LogP contribution is 2.54. The summed E-state index contributed by atoms with van der Waals surface area (Å²) in [4.78, 5) is -2.05. The van der Waals surface area contributed by atoms with Crippen molar-refractivity contribution in [3.05, 3.63) is 46.3 Å². The molecule has 0 amide bonds. The van der Waals surface area contributed by atoms with Crippen molar-refractivity contribution in [1.82, 2.24) is 0 Å². The second-order valence-corrected chi connectivity index (χ2v) is 14.0. The highest BCUT2D eigenvalue weighted by molar-refractivity contribution is 7.85. The Morgan fingerprint density at radius 3 is 1.73 bits per heavy atom. The molecule has 0 spiro atoms. The van der Waals surface area contributed by atoms with Crippen LogP contribution in [0.4, 0.5) is 17.6 Å². The fourth-order valence-corrected chi connectivity index (χ4v) is 8.44. The number of hydrogen-bond donors (Lipinski definition) is 1. The van der Waals surface area contributed by atoms with Crippen LogP contribution in [-0.4, -0.2) is 13.0 Å². The molecule has 0 heterocycles. The van der Waals surface area contributed by atoms with Crippen molar-refractivity contribution in [3.8, 4) is 5.75 Å². The normalized spacial score (nSPS) is 26.2. The molecule has 0 saturated heterocycles. The molecule has 0 radical (unpaired) electrons. The van der Waals surface area contributed by atoms with Gasteiger partial charge >= 0.3 is 10.1 Å². The van der Waals surface area contributed by atoms with Crippen molar-refractivity contribution in [2.75, 3.05) is 0 Å². The van der Waals surface area contributed by atoms with Gasteiger partial charge in [-0.2, -0.15) is 17.2 Å². The minimum absolute atomic E-state index is 0.100. The van der Waals surface area contributed by atoms with Gasteiger partial charge in [0.1, 0.15) is 5.76 Å². The first-order valence-electron chi connectivity index (χ1n) is 15.0. The number of halogens is 4. The monoisotopic (exact) mass is 584 g/mol. The van der Waals surface area contributed by atoms with Crippen molar-refractivity contribution in [2.45, 2.75) is 115 Å². The number of hydrogen-bond acceptors (Lipinski definition) is 3. The number of allylic oxidation sites excluding steroid dienone is 3. The molecule has 0 aliphatic heterocycles. The van der Waals surface area contributed by atoms with Crippen LogP contribution in [0.1, 0.15) is 110 Å². The average Bonchev–Trinajstić information content (AvgIpc) is 2.95. The van der Waals surface area contributed by atoms with E-state index in [0.717, 1.165) is 88.2 Å². The lowest BCUT2D eigenvalue weighted by molar-refractivity contribution is 0.169. The zero-order chi connectivity index (χ0) is 28.7. The Bertz CT molecular complexity index is 1260. The Balaban J connectivity index is 1.67. The van der Waals surface area contributed by atoms with Crippen molar-refractivity contribution >= 4 is 10.1 Å². The quantitative estimate of drug-likeness (QED) is 0.206. The molecule has 4 aliphatic carbocycles. The Morgan fingerprint density at radius 1 is 0.750 bits per heavy atom. The maximum absolute atomic E-state index is 15.2. The standard InChI is InChI=1S/C31H40F4O4S/c1-31(21-15-9-4-10-16-21)17-22(19-11-5-2-6-12-19)28(23(18-31)20-13-7-3-8-14-20)39-29-24(32)26(34)30(40(36,37)38)27(35)25(29)33/h17,19-21H,2-16,18H2,1H3,(H,36,37,38). The maximum atomic E-state index is 15.2. The van der Waals surface area contributed by atoms with E-state index in [1.807, 2.05) is 0 Å². The fraction of sp³-hybridized carbons (Fsp3) is 0.677. The van der Waals surface area contributed by atoms with Gasteiger partial charge in [0.15, 0.2) is 16.5 Å². The molecule has 3 fully saturated rings. The van der Waals surface area contributed by atoms with E-state index in [1.54, 1.807) is 0 Å². The molecule has 1 unspecified atom stereocenters. The van der Waals surface area contributed by atoms with Crippen LogP contribution in [0.25, 0.3) is 0 Å². The molecule has 1 N–H and O–H groups in total. The molecule has 3 saturated carbocycles. The van der Waals surface area contributed by atoms with Crippen molar-refractivity contribution in [3.63, 3.8) is 0 Å². The van der Waals surface area contributed by atoms with Crippen LogP contribution in [0.15, 0.2) is 27.9 Å². The Hall–Kier alpha value is -1.87. The average molecular weight is 585 g/mol. The van der Waals surface area contributed by atoms with E-state index in [2.05, 4.69) is 13.0 Å². The Labute approximate surface area is 235 Å². The van der Waals surface area contributed by atoms with Gasteiger partial charge in [-0.3, -0.25) is 4.55 Å². The van der Waals surface area contributed by atoms with Crippen LogP contribution in [-0.2, 0) is 10.1 Å². The van der Waals surface area contributed by atoms with E-state index in [9.17, 15) is 21.8 Å². The molecule has 40 heavy (non-hydrogen) atoms. The number of ether oxygens (including phenoxy) is 1. The number of benzene rings is 1. The minimum atomic E-state index is -5.55. The predicted molar refractivity (Wildman–Crippen MR) is 144 cm³/mol. The van der Waals surface area contributed by atoms with Gasteiger partial charge in [0, 0.05) is 0 Å². The third-order valence-electron chi connectivity index (χ3n) is 9.94. The first-order chi connectivity index (χ1) is 19.0. The molecule has 1 atom stereocenters. The zero-order valence-electron chi connectivity index (χ0n) is 23.2.